The summed E-state index contributed by atoms with van der Waals surface area (Å²) in [5.41, 5.74) is 1.43. The summed E-state index contributed by atoms with van der Waals surface area (Å²) in [6, 6.07) is 5.42. The quantitative estimate of drug-likeness (QED) is 0.699. The molecule has 0 radical (unpaired) electrons. The van der Waals surface area contributed by atoms with Crippen molar-refractivity contribution in [3.8, 4) is 0 Å². The number of fused-ring (bicyclic) bond motifs is 1. The number of rotatable bonds is 1. The van der Waals surface area contributed by atoms with Crippen LogP contribution in [0.15, 0.2) is 30.7 Å². The van der Waals surface area contributed by atoms with Gasteiger partial charge >= 0.3 is 0 Å². The Morgan fingerprint density at radius 3 is 2.87 bits per heavy atom. The van der Waals surface area contributed by atoms with Gasteiger partial charge < -0.3 is 4.90 Å². The smallest absolute Gasteiger partial charge is 0.253 e. The predicted molar refractivity (Wildman–Crippen MR) is 57.6 cm³/mol. The first-order valence-electron chi connectivity index (χ1n) is 4.60. The van der Waals surface area contributed by atoms with Gasteiger partial charge in [-0.25, -0.2) is 9.97 Å². The Bertz CT molecular complexity index is 508. The fraction of sp³-hybridized carbons (Fsp3) is 0.182. The van der Waals surface area contributed by atoms with Crippen LogP contribution in [0.25, 0.3) is 10.9 Å². The number of hydrogen-bond acceptors (Lipinski definition) is 3. The maximum absolute atomic E-state index is 11.7. The third-order valence-electron chi connectivity index (χ3n) is 2.16. The van der Waals surface area contributed by atoms with Crippen LogP contribution in [0.2, 0.25) is 0 Å². The molecule has 1 aromatic carbocycles. The lowest BCUT2D eigenvalue weighted by molar-refractivity contribution is 0.0828. The summed E-state index contributed by atoms with van der Waals surface area (Å²) in [4.78, 5) is 21.2. The Hall–Kier alpha value is -1.97. The minimum atomic E-state index is -0.0180. The van der Waals surface area contributed by atoms with Crippen molar-refractivity contribution in [3.05, 3.63) is 36.3 Å². The second-order valence-electron chi connectivity index (χ2n) is 3.50. The number of carbonyl (C=O) groups excluding carboxylic acids is 1. The third-order valence-corrected chi connectivity index (χ3v) is 2.16. The van der Waals surface area contributed by atoms with E-state index in [-0.39, 0.29) is 5.91 Å². The zero-order valence-corrected chi connectivity index (χ0v) is 8.64. The average molecular weight is 201 g/mol. The van der Waals surface area contributed by atoms with Gasteiger partial charge in [0.05, 0.1) is 5.52 Å². The highest BCUT2D eigenvalue weighted by Gasteiger charge is 2.08. The summed E-state index contributed by atoms with van der Waals surface area (Å²) >= 11 is 0. The molecule has 4 nitrogen and oxygen atoms in total. The lowest BCUT2D eigenvalue weighted by Gasteiger charge is -2.10. The van der Waals surface area contributed by atoms with Gasteiger partial charge in [0.15, 0.2) is 0 Å². The zero-order chi connectivity index (χ0) is 10.8. The van der Waals surface area contributed by atoms with Gasteiger partial charge in [-0.05, 0) is 12.1 Å². The number of benzene rings is 1. The fourth-order valence-corrected chi connectivity index (χ4v) is 1.37. The number of nitrogens with zero attached hydrogens (tertiary/aromatic N) is 3. The molecule has 0 saturated carbocycles. The topological polar surface area (TPSA) is 46.1 Å². The minimum Gasteiger partial charge on any atom is -0.345 e. The molecule has 0 fully saturated rings. The van der Waals surface area contributed by atoms with Crippen molar-refractivity contribution in [2.24, 2.45) is 0 Å². The van der Waals surface area contributed by atoms with Crippen LogP contribution in [-0.4, -0.2) is 34.9 Å². The van der Waals surface area contributed by atoms with Gasteiger partial charge in [-0.15, -0.1) is 0 Å². The SMILES string of the molecule is CN(C)C(=O)c1ccc2cncnc2c1. The van der Waals surface area contributed by atoms with E-state index in [9.17, 15) is 4.79 Å². The van der Waals surface area contributed by atoms with Gasteiger partial charge in [0.1, 0.15) is 6.33 Å². The Morgan fingerprint density at radius 1 is 1.33 bits per heavy atom. The molecule has 0 aliphatic rings. The fourth-order valence-electron chi connectivity index (χ4n) is 1.37. The van der Waals surface area contributed by atoms with Crippen molar-refractivity contribution < 1.29 is 4.79 Å². The van der Waals surface area contributed by atoms with Crippen molar-refractivity contribution in [2.45, 2.75) is 0 Å². The first-order chi connectivity index (χ1) is 7.18. The average Bonchev–Trinajstić information content (AvgIpc) is 2.27. The normalized spacial score (nSPS) is 10.3. The highest BCUT2D eigenvalue weighted by atomic mass is 16.2. The molecule has 0 atom stereocenters. The van der Waals surface area contributed by atoms with Gasteiger partial charge in [0, 0.05) is 31.2 Å². The van der Waals surface area contributed by atoms with Gasteiger partial charge in [-0.3, -0.25) is 4.79 Å². The summed E-state index contributed by atoms with van der Waals surface area (Å²) in [6.45, 7) is 0. The summed E-state index contributed by atoms with van der Waals surface area (Å²) in [7, 11) is 3.46. The summed E-state index contributed by atoms with van der Waals surface area (Å²) < 4.78 is 0. The van der Waals surface area contributed by atoms with Crippen LogP contribution < -0.4 is 0 Å². The molecule has 2 rings (SSSR count). The van der Waals surface area contributed by atoms with Crippen LogP contribution in [0.3, 0.4) is 0 Å². The van der Waals surface area contributed by atoms with Gasteiger partial charge in [0.2, 0.25) is 0 Å². The van der Waals surface area contributed by atoms with Crippen LogP contribution in [-0.2, 0) is 0 Å². The Labute approximate surface area is 87.6 Å². The highest BCUT2D eigenvalue weighted by Crippen LogP contribution is 2.12. The van der Waals surface area contributed by atoms with E-state index in [1.54, 1.807) is 37.3 Å². The molecule has 15 heavy (non-hydrogen) atoms. The van der Waals surface area contributed by atoms with E-state index in [2.05, 4.69) is 9.97 Å². The van der Waals surface area contributed by atoms with Crippen LogP contribution in [0.5, 0.6) is 0 Å². The molecule has 1 amide bonds. The Kier molecular flexibility index (Phi) is 2.33. The third kappa shape index (κ3) is 1.79. The first-order valence-corrected chi connectivity index (χ1v) is 4.60. The lowest BCUT2D eigenvalue weighted by Crippen LogP contribution is -2.21. The molecule has 76 valence electrons. The van der Waals surface area contributed by atoms with Crippen molar-refractivity contribution in [1.82, 2.24) is 14.9 Å². The summed E-state index contributed by atoms with van der Waals surface area (Å²) in [5.74, 6) is -0.0180. The number of carbonyl (C=O) groups is 1. The summed E-state index contributed by atoms with van der Waals surface area (Å²) in [6.07, 6.45) is 3.21. The van der Waals surface area contributed by atoms with Gasteiger partial charge in [-0.1, -0.05) is 6.07 Å². The molecule has 1 heterocycles. The highest BCUT2D eigenvalue weighted by molar-refractivity contribution is 5.97. The van der Waals surface area contributed by atoms with Crippen molar-refractivity contribution in [3.63, 3.8) is 0 Å². The number of aromatic nitrogens is 2. The predicted octanol–water partition coefficient (Wildman–Crippen LogP) is 1.33. The van der Waals surface area contributed by atoms with Crippen molar-refractivity contribution in [2.75, 3.05) is 14.1 Å². The molecule has 4 heteroatoms. The second kappa shape index (κ2) is 3.65. The van der Waals surface area contributed by atoms with E-state index in [1.165, 1.54) is 6.33 Å². The van der Waals surface area contributed by atoms with Crippen molar-refractivity contribution >= 4 is 16.8 Å². The zero-order valence-electron chi connectivity index (χ0n) is 8.64. The molecule has 2 aromatic rings. The van der Waals surface area contributed by atoms with E-state index in [1.807, 2.05) is 6.07 Å². The molecular weight excluding hydrogens is 190 g/mol. The maximum atomic E-state index is 11.7. The van der Waals surface area contributed by atoms with E-state index < -0.39 is 0 Å². The lowest BCUT2D eigenvalue weighted by atomic mass is 10.1. The van der Waals surface area contributed by atoms with E-state index >= 15 is 0 Å². The molecule has 0 aliphatic carbocycles. The van der Waals surface area contributed by atoms with E-state index in [0.29, 0.717) is 5.56 Å². The molecular formula is C11H11N3O. The van der Waals surface area contributed by atoms with E-state index in [4.69, 9.17) is 0 Å². The minimum absolute atomic E-state index is 0.0180. The number of hydrogen-bond donors (Lipinski definition) is 0. The number of amides is 1. The molecule has 0 aliphatic heterocycles. The monoisotopic (exact) mass is 201 g/mol. The van der Waals surface area contributed by atoms with Crippen LogP contribution in [0.4, 0.5) is 0 Å². The Balaban J connectivity index is 2.52. The molecule has 0 spiro atoms. The maximum Gasteiger partial charge on any atom is 0.253 e. The largest absolute Gasteiger partial charge is 0.345 e. The Morgan fingerprint density at radius 2 is 2.13 bits per heavy atom. The molecule has 0 bridgehead atoms. The van der Waals surface area contributed by atoms with Crippen LogP contribution in [0.1, 0.15) is 10.4 Å². The molecule has 0 saturated heterocycles. The first kappa shape index (κ1) is 9.58. The van der Waals surface area contributed by atoms with Gasteiger partial charge in [0.25, 0.3) is 5.91 Å². The molecule has 0 unspecified atom stereocenters. The molecule has 1 aromatic heterocycles. The summed E-state index contributed by atoms with van der Waals surface area (Å²) in [5, 5.41) is 0.938. The standard InChI is InChI=1S/C11H11N3O/c1-14(2)11(15)8-3-4-9-6-12-7-13-10(9)5-8/h3-7H,1-2H3. The second-order valence-corrected chi connectivity index (χ2v) is 3.50. The van der Waals surface area contributed by atoms with Crippen LogP contribution >= 0.6 is 0 Å². The van der Waals surface area contributed by atoms with E-state index in [0.717, 1.165) is 10.9 Å². The van der Waals surface area contributed by atoms with Crippen molar-refractivity contribution in [1.29, 1.82) is 0 Å². The molecule has 0 N–H and O–H groups in total. The van der Waals surface area contributed by atoms with Crippen LogP contribution in [0, 0.1) is 0 Å². The van der Waals surface area contributed by atoms with Gasteiger partial charge in [-0.2, -0.15) is 0 Å².